The van der Waals surface area contributed by atoms with E-state index in [-0.39, 0.29) is 23.6 Å². The molecule has 1 unspecified atom stereocenters. The van der Waals surface area contributed by atoms with Gasteiger partial charge in [0.05, 0.1) is 6.10 Å². The normalized spacial score (nSPS) is 13.2. The minimum absolute atomic E-state index is 0.00808. The largest absolute Gasteiger partial charge is 0.435 e. The molecule has 1 rings (SSSR count). The van der Waals surface area contributed by atoms with Crippen molar-refractivity contribution < 1.29 is 23.4 Å². The lowest BCUT2D eigenvalue weighted by Gasteiger charge is -2.25. The van der Waals surface area contributed by atoms with Crippen molar-refractivity contribution in [2.24, 2.45) is 5.41 Å². The molecule has 2 N–H and O–H groups in total. The van der Waals surface area contributed by atoms with E-state index < -0.39 is 12.7 Å². The van der Waals surface area contributed by atoms with E-state index in [0.29, 0.717) is 5.56 Å². The summed E-state index contributed by atoms with van der Waals surface area (Å²) in [6.07, 6.45) is -0.673. The Bertz CT molecular complexity index is 441. The zero-order valence-electron chi connectivity index (χ0n) is 11.7. The molecule has 1 atom stereocenters. The van der Waals surface area contributed by atoms with Gasteiger partial charge in [0.25, 0.3) is 5.91 Å². The molecule has 0 saturated heterocycles. The van der Waals surface area contributed by atoms with E-state index >= 15 is 0 Å². The van der Waals surface area contributed by atoms with Crippen molar-refractivity contribution in [3.05, 3.63) is 29.8 Å². The van der Waals surface area contributed by atoms with Gasteiger partial charge in [0.1, 0.15) is 5.75 Å². The summed E-state index contributed by atoms with van der Waals surface area (Å²) in [6.45, 7) is 2.81. The second-order valence-electron chi connectivity index (χ2n) is 5.49. The van der Waals surface area contributed by atoms with Crippen LogP contribution in [-0.4, -0.2) is 30.3 Å². The first-order valence-corrected chi connectivity index (χ1v) is 6.21. The Morgan fingerprint density at radius 2 is 1.85 bits per heavy atom. The molecule has 0 fully saturated rings. The van der Waals surface area contributed by atoms with Crippen LogP contribution < -0.4 is 10.1 Å². The standard InChI is InChI=1S/C14H19F2NO3/c1-14(2,3)11(18)8-17-12(19)9-4-6-10(7-5-9)20-13(15)16/h4-7,11,13,18H,8H2,1-3H3,(H,17,19). The molecular weight excluding hydrogens is 268 g/mol. The van der Waals surface area contributed by atoms with Gasteiger partial charge in [0.2, 0.25) is 0 Å². The van der Waals surface area contributed by atoms with Crippen LogP contribution in [0.3, 0.4) is 0 Å². The number of carbonyl (C=O) groups is 1. The number of benzene rings is 1. The molecule has 1 aromatic rings. The van der Waals surface area contributed by atoms with Gasteiger partial charge in [-0.15, -0.1) is 0 Å². The fraction of sp³-hybridized carbons (Fsp3) is 0.500. The molecule has 0 spiro atoms. The van der Waals surface area contributed by atoms with Crippen molar-refractivity contribution in [2.45, 2.75) is 33.5 Å². The lowest BCUT2D eigenvalue weighted by Crippen LogP contribution is -2.39. The number of hydrogen-bond donors (Lipinski definition) is 2. The van der Waals surface area contributed by atoms with Gasteiger partial charge < -0.3 is 15.2 Å². The van der Waals surface area contributed by atoms with Crippen LogP contribution in [0.4, 0.5) is 8.78 Å². The van der Waals surface area contributed by atoms with Crippen molar-refractivity contribution in [2.75, 3.05) is 6.54 Å². The van der Waals surface area contributed by atoms with Crippen molar-refractivity contribution in [1.29, 1.82) is 0 Å². The molecule has 1 amide bonds. The maximum atomic E-state index is 12.0. The smallest absolute Gasteiger partial charge is 0.387 e. The maximum Gasteiger partial charge on any atom is 0.387 e. The first-order chi connectivity index (χ1) is 9.20. The topological polar surface area (TPSA) is 58.6 Å². The van der Waals surface area contributed by atoms with Crippen LogP contribution in [0, 0.1) is 5.41 Å². The van der Waals surface area contributed by atoms with E-state index in [1.54, 1.807) is 0 Å². The molecule has 6 heteroatoms. The van der Waals surface area contributed by atoms with Crippen molar-refractivity contribution in [3.63, 3.8) is 0 Å². The summed E-state index contributed by atoms with van der Waals surface area (Å²) in [5.41, 5.74) is -0.0184. The molecule has 4 nitrogen and oxygen atoms in total. The summed E-state index contributed by atoms with van der Waals surface area (Å²) in [5.74, 6) is -0.386. The monoisotopic (exact) mass is 287 g/mol. The minimum atomic E-state index is -2.89. The van der Waals surface area contributed by atoms with E-state index in [1.165, 1.54) is 24.3 Å². The summed E-state index contributed by atoms with van der Waals surface area (Å²) in [6, 6.07) is 5.36. The van der Waals surface area contributed by atoms with Crippen molar-refractivity contribution in [1.82, 2.24) is 5.32 Å². The maximum absolute atomic E-state index is 12.0. The minimum Gasteiger partial charge on any atom is -0.435 e. The van der Waals surface area contributed by atoms with Gasteiger partial charge >= 0.3 is 6.61 Å². The van der Waals surface area contributed by atoms with E-state index in [4.69, 9.17) is 0 Å². The Morgan fingerprint density at radius 1 is 1.30 bits per heavy atom. The van der Waals surface area contributed by atoms with Gasteiger partial charge in [-0.05, 0) is 29.7 Å². The number of hydrogen-bond acceptors (Lipinski definition) is 3. The number of carbonyl (C=O) groups excluding carboxylic acids is 1. The number of halogens is 2. The van der Waals surface area contributed by atoms with Crippen molar-refractivity contribution >= 4 is 5.91 Å². The second-order valence-corrected chi connectivity index (χ2v) is 5.49. The highest BCUT2D eigenvalue weighted by atomic mass is 19.3. The van der Waals surface area contributed by atoms with Gasteiger partial charge in [-0.25, -0.2) is 0 Å². The van der Waals surface area contributed by atoms with Crippen LogP contribution in [0.5, 0.6) is 5.75 Å². The van der Waals surface area contributed by atoms with Gasteiger partial charge in [0, 0.05) is 12.1 Å². The second kappa shape index (κ2) is 6.65. The quantitative estimate of drug-likeness (QED) is 0.874. The summed E-state index contributed by atoms with van der Waals surface area (Å²) in [5, 5.41) is 12.4. The lowest BCUT2D eigenvalue weighted by atomic mass is 9.89. The molecule has 0 saturated carbocycles. The number of aliphatic hydroxyl groups excluding tert-OH is 1. The summed E-state index contributed by atoms with van der Waals surface area (Å²) in [7, 11) is 0. The predicted molar refractivity (Wildman–Crippen MR) is 70.9 cm³/mol. The number of rotatable bonds is 5. The van der Waals surface area contributed by atoms with Crippen LogP contribution in [0.2, 0.25) is 0 Å². The van der Waals surface area contributed by atoms with Crippen molar-refractivity contribution in [3.8, 4) is 5.75 Å². The van der Waals surface area contributed by atoms with E-state index in [0.717, 1.165) is 0 Å². The fourth-order valence-corrected chi connectivity index (χ4v) is 1.39. The third-order valence-electron chi connectivity index (χ3n) is 2.80. The number of alkyl halides is 2. The van der Waals surface area contributed by atoms with Crippen LogP contribution in [-0.2, 0) is 0 Å². The molecule has 20 heavy (non-hydrogen) atoms. The molecule has 0 aliphatic carbocycles. The lowest BCUT2D eigenvalue weighted by molar-refractivity contribution is -0.0498. The Labute approximate surface area is 116 Å². The van der Waals surface area contributed by atoms with Gasteiger partial charge in [-0.3, -0.25) is 4.79 Å². The molecule has 0 aliphatic rings. The average Bonchev–Trinajstić information content (AvgIpc) is 2.34. The average molecular weight is 287 g/mol. The molecule has 0 aliphatic heterocycles. The molecule has 0 radical (unpaired) electrons. The van der Waals surface area contributed by atoms with Gasteiger partial charge in [-0.1, -0.05) is 20.8 Å². The highest BCUT2D eigenvalue weighted by Crippen LogP contribution is 2.18. The van der Waals surface area contributed by atoms with E-state index in [9.17, 15) is 18.7 Å². The Hall–Kier alpha value is -1.69. The van der Waals surface area contributed by atoms with Crippen LogP contribution in [0.25, 0.3) is 0 Å². The van der Waals surface area contributed by atoms with Crippen LogP contribution in [0.1, 0.15) is 31.1 Å². The molecule has 112 valence electrons. The number of aliphatic hydroxyl groups is 1. The molecule has 1 aromatic carbocycles. The Morgan fingerprint density at radius 3 is 2.30 bits per heavy atom. The van der Waals surface area contributed by atoms with Gasteiger partial charge in [0.15, 0.2) is 0 Å². The molecule has 0 heterocycles. The third kappa shape index (κ3) is 5.13. The zero-order chi connectivity index (χ0) is 15.3. The molecule has 0 aromatic heterocycles. The number of ether oxygens (including phenoxy) is 1. The highest BCUT2D eigenvalue weighted by Gasteiger charge is 2.22. The Kier molecular flexibility index (Phi) is 5.44. The van der Waals surface area contributed by atoms with Crippen LogP contribution in [0.15, 0.2) is 24.3 Å². The third-order valence-corrected chi connectivity index (χ3v) is 2.80. The first kappa shape index (κ1) is 16.4. The Balaban J connectivity index is 2.56. The molecular formula is C14H19F2NO3. The number of amides is 1. The first-order valence-electron chi connectivity index (χ1n) is 6.21. The zero-order valence-corrected chi connectivity index (χ0v) is 11.7. The fourth-order valence-electron chi connectivity index (χ4n) is 1.39. The SMILES string of the molecule is CC(C)(C)C(O)CNC(=O)c1ccc(OC(F)F)cc1. The molecule has 0 bridgehead atoms. The highest BCUT2D eigenvalue weighted by molar-refractivity contribution is 5.94. The van der Waals surface area contributed by atoms with E-state index in [2.05, 4.69) is 10.1 Å². The summed E-state index contributed by atoms with van der Waals surface area (Å²) < 4.78 is 28.1. The number of nitrogens with one attached hydrogen (secondary N) is 1. The summed E-state index contributed by atoms with van der Waals surface area (Å²) in [4.78, 5) is 11.8. The van der Waals surface area contributed by atoms with Gasteiger partial charge in [-0.2, -0.15) is 8.78 Å². The van der Waals surface area contributed by atoms with Crippen LogP contribution >= 0.6 is 0 Å². The van der Waals surface area contributed by atoms with E-state index in [1.807, 2.05) is 20.8 Å². The summed E-state index contributed by atoms with van der Waals surface area (Å²) >= 11 is 0. The predicted octanol–water partition coefficient (Wildman–Crippen LogP) is 2.42.